The number of alkyl halides is 1. The molecule has 31 heavy (non-hydrogen) atoms. The van der Waals surface area contributed by atoms with Crippen molar-refractivity contribution >= 4 is 40.7 Å². The van der Waals surface area contributed by atoms with E-state index in [1.54, 1.807) is 0 Å². The molecule has 2 aromatic carbocycles. The van der Waals surface area contributed by atoms with Crippen molar-refractivity contribution in [1.29, 1.82) is 0 Å². The van der Waals surface area contributed by atoms with Gasteiger partial charge in [0.2, 0.25) is 11.3 Å². The zero-order valence-electron chi connectivity index (χ0n) is 16.3. The SMILES string of the molecule is CC1(F)C(=O)Nc2ccc(N3CCC(O)(C(=O)NCc4cc(F)cc(Cl)c4)C3=O)cc21. The Morgan fingerprint density at radius 1 is 1.29 bits per heavy atom. The number of halogens is 3. The Hall–Kier alpha value is -3.04. The Morgan fingerprint density at radius 2 is 2.03 bits per heavy atom. The van der Waals surface area contributed by atoms with Gasteiger partial charge in [0.1, 0.15) is 5.82 Å². The third-order valence-corrected chi connectivity index (χ3v) is 5.76. The minimum Gasteiger partial charge on any atom is -0.372 e. The number of amides is 3. The molecule has 0 spiro atoms. The number of aliphatic hydroxyl groups is 1. The third-order valence-electron chi connectivity index (χ3n) is 5.54. The van der Waals surface area contributed by atoms with Gasteiger partial charge in [0, 0.05) is 41.5 Å². The molecule has 0 aliphatic carbocycles. The predicted octanol–water partition coefficient (Wildman–Crippen LogP) is 2.40. The first-order valence-corrected chi connectivity index (χ1v) is 9.83. The number of hydrogen-bond donors (Lipinski definition) is 3. The van der Waals surface area contributed by atoms with Crippen LogP contribution < -0.4 is 15.5 Å². The summed E-state index contributed by atoms with van der Waals surface area (Å²) in [6.45, 7) is 0.989. The van der Waals surface area contributed by atoms with Crippen LogP contribution in [0.5, 0.6) is 0 Å². The van der Waals surface area contributed by atoms with Crippen molar-refractivity contribution in [3.8, 4) is 0 Å². The van der Waals surface area contributed by atoms with E-state index in [1.165, 1.54) is 30.3 Å². The molecule has 1 fully saturated rings. The summed E-state index contributed by atoms with van der Waals surface area (Å²) in [7, 11) is 0. The molecule has 4 rings (SSSR count). The minimum absolute atomic E-state index is 0.0116. The van der Waals surface area contributed by atoms with Crippen LogP contribution in [0.2, 0.25) is 5.02 Å². The fraction of sp³-hybridized carbons (Fsp3) is 0.286. The second-order valence-electron chi connectivity index (χ2n) is 7.71. The summed E-state index contributed by atoms with van der Waals surface area (Å²) >= 11 is 5.78. The van der Waals surface area contributed by atoms with Crippen molar-refractivity contribution < 1.29 is 28.3 Å². The van der Waals surface area contributed by atoms with Gasteiger partial charge in [-0.15, -0.1) is 0 Å². The summed E-state index contributed by atoms with van der Waals surface area (Å²) in [6, 6.07) is 8.05. The topological polar surface area (TPSA) is 98.7 Å². The van der Waals surface area contributed by atoms with Crippen molar-refractivity contribution in [2.24, 2.45) is 0 Å². The van der Waals surface area contributed by atoms with Crippen LogP contribution in [0.15, 0.2) is 36.4 Å². The molecule has 2 atom stereocenters. The number of carbonyl (C=O) groups excluding carboxylic acids is 3. The summed E-state index contributed by atoms with van der Waals surface area (Å²) in [5, 5.41) is 15.7. The molecule has 2 aliphatic rings. The highest BCUT2D eigenvalue weighted by Crippen LogP contribution is 2.41. The van der Waals surface area contributed by atoms with Crippen LogP contribution in [0.1, 0.15) is 24.5 Å². The van der Waals surface area contributed by atoms with Crippen LogP contribution in [0.4, 0.5) is 20.2 Å². The van der Waals surface area contributed by atoms with E-state index in [4.69, 9.17) is 11.6 Å². The number of fused-ring (bicyclic) bond motifs is 1. The number of nitrogens with zero attached hydrogens (tertiary/aromatic N) is 1. The summed E-state index contributed by atoms with van der Waals surface area (Å²) in [5.74, 6) is -3.20. The van der Waals surface area contributed by atoms with Gasteiger partial charge in [-0.25, -0.2) is 8.78 Å². The van der Waals surface area contributed by atoms with Gasteiger partial charge in [-0.2, -0.15) is 0 Å². The number of nitrogens with one attached hydrogen (secondary N) is 2. The Bertz CT molecular complexity index is 1100. The molecule has 10 heteroatoms. The van der Waals surface area contributed by atoms with Crippen LogP contribution in [-0.4, -0.2) is 35.0 Å². The van der Waals surface area contributed by atoms with E-state index in [-0.39, 0.29) is 35.8 Å². The standard InChI is InChI=1S/C21H18ClF2N3O4/c1-20(24)15-9-14(2-3-16(15)26-17(20)28)27-5-4-21(31,19(27)30)18(29)25-10-11-6-12(22)8-13(23)7-11/h2-3,6-9,31H,4-5,10H2,1H3,(H,25,29)(H,26,28). The van der Waals surface area contributed by atoms with Crippen LogP contribution >= 0.6 is 11.6 Å². The molecule has 2 unspecified atom stereocenters. The van der Waals surface area contributed by atoms with Crippen LogP contribution in [0.25, 0.3) is 0 Å². The number of anilines is 2. The molecule has 3 N–H and O–H groups in total. The predicted molar refractivity (Wildman–Crippen MR) is 109 cm³/mol. The summed E-state index contributed by atoms with van der Waals surface area (Å²) in [6.07, 6.45) is -0.192. The molecule has 1 saturated heterocycles. The van der Waals surface area contributed by atoms with Gasteiger partial charge in [0.15, 0.2) is 0 Å². The summed E-state index contributed by atoms with van der Waals surface area (Å²) in [5.41, 5.74) is -3.60. The number of hydrogen-bond acceptors (Lipinski definition) is 4. The second-order valence-corrected chi connectivity index (χ2v) is 8.15. The zero-order valence-corrected chi connectivity index (χ0v) is 17.1. The van der Waals surface area contributed by atoms with Crippen molar-refractivity contribution in [1.82, 2.24) is 5.32 Å². The molecule has 3 amide bonds. The zero-order chi connectivity index (χ0) is 22.6. The molecule has 2 aromatic rings. The lowest BCUT2D eigenvalue weighted by molar-refractivity contribution is -0.149. The average Bonchev–Trinajstić information content (AvgIpc) is 3.13. The monoisotopic (exact) mass is 449 g/mol. The molecule has 2 aliphatic heterocycles. The second kappa shape index (κ2) is 7.28. The van der Waals surface area contributed by atoms with Gasteiger partial charge in [0.25, 0.3) is 17.7 Å². The first-order chi connectivity index (χ1) is 14.5. The van der Waals surface area contributed by atoms with Crippen molar-refractivity contribution in [2.45, 2.75) is 31.2 Å². The number of carbonyl (C=O) groups is 3. The van der Waals surface area contributed by atoms with E-state index in [1.807, 2.05) is 0 Å². The molecule has 0 aromatic heterocycles. The molecule has 162 valence electrons. The number of benzene rings is 2. The Balaban J connectivity index is 1.51. The van der Waals surface area contributed by atoms with Crippen molar-refractivity contribution in [3.05, 3.63) is 58.4 Å². The quantitative estimate of drug-likeness (QED) is 0.624. The van der Waals surface area contributed by atoms with E-state index in [0.29, 0.717) is 11.3 Å². The maximum atomic E-state index is 14.7. The largest absolute Gasteiger partial charge is 0.372 e. The molecule has 7 nitrogen and oxygen atoms in total. The normalized spacial score (nSPS) is 24.9. The number of rotatable bonds is 4. The van der Waals surface area contributed by atoms with Crippen LogP contribution in [-0.2, 0) is 26.6 Å². The van der Waals surface area contributed by atoms with E-state index < -0.39 is 34.8 Å². The van der Waals surface area contributed by atoms with Crippen LogP contribution in [0, 0.1) is 5.82 Å². The summed E-state index contributed by atoms with van der Waals surface area (Å²) < 4.78 is 28.1. The van der Waals surface area contributed by atoms with E-state index in [0.717, 1.165) is 17.9 Å². The van der Waals surface area contributed by atoms with E-state index in [9.17, 15) is 28.3 Å². The van der Waals surface area contributed by atoms with Gasteiger partial charge in [0.05, 0.1) is 0 Å². The molecule has 2 heterocycles. The highest BCUT2D eigenvalue weighted by Gasteiger charge is 2.52. The van der Waals surface area contributed by atoms with Gasteiger partial charge < -0.3 is 20.6 Å². The van der Waals surface area contributed by atoms with Crippen molar-refractivity contribution in [2.75, 3.05) is 16.8 Å². The smallest absolute Gasteiger partial charge is 0.268 e. The molecular weight excluding hydrogens is 432 g/mol. The Morgan fingerprint density at radius 3 is 2.74 bits per heavy atom. The van der Waals surface area contributed by atoms with Gasteiger partial charge >= 0.3 is 0 Å². The lowest BCUT2D eigenvalue weighted by Gasteiger charge is -2.22. The maximum Gasteiger partial charge on any atom is 0.268 e. The van der Waals surface area contributed by atoms with Gasteiger partial charge in [-0.3, -0.25) is 14.4 Å². The van der Waals surface area contributed by atoms with Crippen LogP contribution in [0.3, 0.4) is 0 Å². The lowest BCUT2D eigenvalue weighted by Crippen LogP contribution is -2.52. The Kier molecular flexibility index (Phi) is 4.98. The van der Waals surface area contributed by atoms with Gasteiger partial charge in [-0.1, -0.05) is 11.6 Å². The highest BCUT2D eigenvalue weighted by atomic mass is 35.5. The average molecular weight is 450 g/mol. The molecular formula is C21H18ClF2N3O4. The fourth-order valence-corrected chi connectivity index (χ4v) is 4.01. The summed E-state index contributed by atoms with van der Waals surface area (Å²) in [4.78, 5) is 38.4. The first kappa shape index (κ1) is 21.2. The molecule has 0 saturated carbocycles. The molecule has 0 radical (unpaired) electrons. The van der Waals surface area contributed by atoms with Crippen molar-refractivity contribution in [3.63, 3.8) is 0 Å². The Labute approximate surface area is 181 Å². The fourth-order valence-electron chi connectivity index (χ4n) is 3.76. The lowest BCUT2D eigenvalue weighted by atomic mass is 9.98. The molecule has 0 bridgehead atoms. The third kappa shape index (κ3) is 3.53. The minimum atomic E-state index is -2.33. The van der Waals surface area contributed by atoms with E-state index in [2.05, 4.69) is 10.6 Å². The highest BCUT2D eigenvalue weighted by molar-refractivity contribution is 6.30. The first-order valence-electron chi connectivity index (χ1n) is 9.45. The maximum absolute atomic E-state index is 14.7. The van der Waals surface area contributed by atoms with Gasteiger partial charge in [-0.05, 0) is 48.9 Å². The van der Waals surface area contributed by atoms with E-state index >= 15 is 0 Å².